The van der Waals surface area contributed by atoms with Crippen LogP contribution in [0.15, 0.2) is 24.3 Å². The van der Waals surface area contributed by atoms with Crippen LogP contribution >= 0.6 is 0 Å². The first kappa shape index (κ1) is 15.2. The van der Waals surface area contributed by atoms with Crippen molar-refractivity contribution in [3.05, 3.63) is 35.4 Å². The highest BCUT2D eigenvalue weighted by atomic mass is 16.5. The minimum Gasteiger partial charge on any atom is -0.371 e. The number of hydrogen-bond acceptors (Lipinski definition) is 2. The Morgan fingerprint density at radius 2 is 1.78 bits per heavy atom. The highest BCUT2D eigenvalue weighted by Crippen LogP contribution is 2.18. The van der Waals surface area contributed by atoms with Gasteiger partial charge in [0.2, 0.25) is 0 Å². The van der Waals surface area contributed by atoms with Crippen molar-refractivity contribution in [1.29, 1.82) is 0 Å². The fourth-order valence-corrected chi connectivity index (χ4v) is 1.65. The van der Waals surface area contributed by atoms with Crippen LogP contribution in [-0.2, 0) is 17.9 Å². The Hall–Kier alpha value is -0.860. The molecule has 102 valence electrons. The van der Waals surface area contributed by atoms with Crippen LogP contribution in [0.4, 0.5) is 0 Å². The van der Waals surface area contributed by atoms with Crippen molar-refractivity contribution in [1.82, 2.24) is 5.32 Å². The third-order valence-electron chi connectivity index (χ3n) is 3.33. The topological polar surface area (TPSA) is 21.3 Å². The molecule has 0 spiro atoms. The lowest BCUT2D eigenvalue weighted by molar-refractivity contribution is -0.0319. The molecule has 0 amide bonds. The van der Waals surface area contributed by atoms with Crippen LogP contribution in [-0.4, -0.2) is 12.1 Å². The van der Waals surface area contributed by atoms with Gasteiger partial charge in [0.15, 0.2) is 0 Å². The Morgan fingerprint density at radius 1 is 1.11 bits per heavy atom. The Kier molecular flexibility index (Phi) is 6.37. The van der Waals surface area contributed by atoms with Gasteiger partial charge >= 0.3 is 0 Å². The molecular weight excluding hydrogens is 222 g/mol. The predicted octanol–water partition coefficient (Wildman–Crippen LogP) is 3.89. The molecule has 18 heavy (non-hydrogen) atoms. The summed E-state index contributed by atoms with van der Waals surface area (Å²) >= 11 is 0. The second kappa shape index (κ2) is 7.55. The summed E-state index contributed by atoms with van der Waals surface area (Å²) in [6.07, 6.45) is 2.20. The molecule has 1 N–H and O–H groups in total. The lowest BCUT2D eigenvalue weighted by Crippen LogP contribution is -2.23. The maximum atomic E-state index is 5.98. The van der Waals surface area contributed by atoms with E-state index in [-0.39, 0.29) is 5.60 Å². The Balaban J connectivity index is 2.58. The van der Waals surface area contributed by atoms with Gasteiger partial charge in [-0.1, -0.05) is 38.1 Å². The second-order valence-corrected chi connectivity index (χ2v) is 5.35. The third-order valence-corrected chi connectivity index (χ3v) is 3.33. The van der Waals surface area contributed by atoms with Crippen molar-refractivity contribution in [2.24, 2.45) is 0 Å². The average Bonchev–Trinajstić information content (AvgIpc) is 2.38. The maximum absolute atomic E-state index is 5.98. The fraction of sp³-hybridized carbons (Fsp3) is 0.625. The largest absolute Gasteiger partial charge is 0.371 e. The smallest absolute Gasteiger partial charge is 0.0727 e. The number of nitrogens with one attached hydrogen (secondary N) is 1. The first-order chi connectivity index (χ1) is 8.59. The summed E-state index contributed by atoms with van der Waals surface area (Å²) in [5, 5.41) is 3.45. The molecule has 2 heteroatoms. The minimum absolute atomic E-state index is 0.0377. The van der Waals surface area contributed by atoms with E-state index in [2.05, 4.69) is 57.3 Å². The van der Waals surface area contributed by atoms with Gasteiger partial charge in [0, 0.05) is 6.54 Å². The summed E-state index contributed by atoms with van der Waals surface area (Å²) in [5.41, 5.74) is 2.60. The SMILES string of the molecule is CCCNCc1ccccc1COC(C)(C)CC. The highest BCUT2D eigenvalue weighted by molar-refractivity contribution is 5.26. The van der Waals surface area contributed by atoms with Gasteiger partial charge in [0.05, 0.1) is 12.2 Å². The summed E-state index contributed by atoms with van der Waals surface area (Å²) in [6.45, 7) is 11.3. The van der Waals surface area contributed by atoms with E-state index in [9.17, 15) is 0 Å². The summed E-state index contributed by atoms with van der Waals surface area (Å²) in [7, 11) is 0. The molecule has 2 nitrogen and oxygen atoms in total. The molecule has 0 saturated carbocycles. The van der Waals surface area contributed by atoms with E-state index in [1.165, 1.54) is 17.5 Å². The van der Waals surface area contributed by atoms with Crippen molar-refractivity contribution in [2.75, 3.05) is 6.54 Å². The molecule has 0 fully saturated rings. The van der Waals surface area contributed by atoms with E-state index >= 15 is 0 Å². The predicted molar refractivity (Wildman–Crippen MR) is 77.6 cm³/mol. The van der Waals surface area contributed by atoms with Crippen LogP contribution < -0.4 is 5.32 Å². The van der Waals surface area contributed by atoms with Crippen molar-refractivity contribution >= 4 is 0 Å². The zero-order valence-corrected chi connectivity index (χ0v) is 12.3. The van der Waals surface area contributed by atoms with Crippen LogP contribution in [0.3, 0.4) is 0 Å². The van der Waals surface area contributed by atoms with Crippen molar-refractivity contribution in [3.8, 4) is 0 Å². The van der Waals surface area contributed by atoms with Gasteiger partial charge in [-0.25, -0.2) is 0 Å². The van der Waals surface area contributed by atoms with E-state index in [0.29, 0.717) is 6.61 Å². The Morgan fingerprint density at radius 3 is 2.39 bits per heavy atom. The van der Waals surface area contributed by atoms with Gasteiger partial charge in [-0.3, -0.25) is 0 Å². The Labute approximate surface area is 112 Å². The summed E-state index contributed by atoms with van der Waals surface area (Å²) in [4.78, 5) is 0. The lowest BCUT2D eigenvalue weighted by atomic mass is 10.1. The molecule has 1 rings (SSSR count). The second-order valence-electron chi connectivity index (χ2n) is 5.35. The van der Waals surface area contributed by atoms with Gasteiger partial charge in [-0.05, 0) is 44.4 Å². The molecular formula is C16H27NO. The third kappa shape index (κ3) is 5.19. The molecule has 0 aromatic heterocycles. The first-order valence-electron chi connectivity index (χ1n) is 7.00. The highest BCUT2D eigenvalue weighted by Gasteiger charge is 2.15. The number of benzene rings is 1. The van der Waals surface area contributed by atoms with Gasteiger partial charge < -0.3 is 10.1 Å². The molecule has 0 heterocycles. The van der Waals surface area contributed by atoms with Crippen molar-refractivity contribution in [3.63, 3.8) is 0 Å². The summed E-state index contributed by atoms with van der Waals surface area (Å²) in [5.74, 6) is 0. The molecule has 0 aliphatic carbocycles. The lowest BCUT2D eigenvalue weighted by Gasteiger charge is -2.24. The molecule has 1 aromatic rings. The van der Waals surface area contributed by atoms with Gasteiger partial charge in [-0.2, -0.15) is 0 Å². The van der Waals surface area contributed by atoms with Crippen LogP contribution in [0.25, 0.3) is 0 Å². The quantitative estimate of drug-likeness (QED) is 0.706. The van der Waals surface area contributed by atoms with E-state index < -0.39 is 0 Å². The monoisotopic (exact) mass is 249 g/mol. The molecule has 0 aliphatic heterocycles. The molecule has 1 aromatic carbocycles. The van der Waals surface area contributed by atoms with E-state index in [1.54, 1.807) is 0 Å². The van der Waals surface area contributed by atoms with E-state index in [1.807, 2.05) is 0 Å². The van der Waals surface area contributed by atoms with Crippen molar-refractivity contribution in [2.45, 2.75) is 59.3 Å². The number of ether oxygens (including phenoxy) is 1. The van der Waals surface area contributed by atoms with Gasteiger partial charge in [0.1, 0.15) is 0 Å². The average molecular weight is 249 g/mol. The Bertz CT molecular complexity index is 347. The van der Waals surface area contributed by atoms with Crippen LogP contribution in [0, 0.1) is 0 Å². The van der Waals surface area contributed by atoms with Crippen LogP contribution in [0.1, 0.15) is 51.7 Å². The maximum Gasteiger partial charge on any atom is 0.0727 e. The minimum atomic E-state index is -0.0377. The molecule has 0 radical (unpaired) electrons. The number of hydrogen-bond donors (Lipinski definition) is 1. The molecule has 0 saturated heterocycles. The van der Waals surface area contributed by atoms with Gasteiger partial charge in [0.25, 0.3) is 0 Å². The van der Waals surface area contributed by atoms with E-state index in [4.69, 9.17) is 4.74 Å². The van der Waals surface area contributed by atoms with E-state index in [0.717, 1.165) is 19.5 Å². The standard InChI is InChI=1S/C16H27NO/c1-5-11-17-12-14-9-7-8-10-15(14)13-18-16(3,4)6-2/h7-10,17H,5-6,11-13H2,1-4H3. The molecule has 0 unspecified atom stereocenters. The molecule has 0 aliphatic rings. The molecule has 0 atom stereocenters. The number of rotatable bonds is 8. The fourth-order valence-electron chi connectivity index (χ4n) is 1.65. The zero-order valence-electron chi connectivity index (χ0n) is 12.3. The van der Waals surface area contributed by atoms with Gasteiger partial charge in [-0.15, -0.1) is 0 Å². The van der Waals surface area contributed by atoms with Crippen molar-refractivity contribution < 1.29 is 4.74 Å². The van der Waals surface area contributed by atoms with Crippen LogP contribution in [0.2, 0.25) is 0 Å². The summed E-state index contributed by atoms with van der Waals surface area (Å²) < 4.78 is 5.98. The van der Waals surface area contributed by atoms with Crippen LogP contribution in [0.5, 0.6) is 0 Å². The first-order valence-corrected chi connectivity index (χ1v) is 7.00. The summed E-state index contributed by atoms with van der Waals surface area (Å²) in [6, 6.07) is 8.52. The normalized spacial score (nSPS) is 11.8. The molecule has 0 bridgehead atoms. The zero-order chi connectivity index (χ0) is 13.4.